The third-order valence-electron chi connectivity index (χ3n) is 8.15. The summed E-state index contributed by atoms with van der Waals surface area (Å²) in [5.41, 5.74) is 6.85. The van der Waals surface area contributed by atoms with E-state index < -0.39 is 0 Å². The van der Waals surface area contributed by atoms with Crippen LogP contribution in [0.5, 0.6) is 5.88 Å². The van der Waals surface area contributed by atoms with Crippen molar-refractivity contribution in [2.75, 3.05) is 56.7 Å². The summed E-state index contributed by atoms with van der Waals surface area (Å²) in [6.45, 7) is 6.05. The lowest BCUT2D eigenvalue weighted by Crippen LogP contribution is -2.39. The maximum Gasteiger partial charge on any atom is 0.219 e. The zero-order valence-electron chi connectivity index (χ0n) is 22.2. The minimum absolute atomic E-state index is 0.236. The molecule has 2 aliphatic heterocycles. The van der Waals surface area contributed by atoms with Gasteiger partial charge in [0.1, 0.15) is 5.52 Å². The number of aryl methyl sites for hydroxylation is 1. The molecule has 1 N–H and O–H groups in total. The van der Waals surface area contributed by atoms with Crippen molar-refractivity contribution in [2.24, 2.45) is 0 Å². The molecule has 8 heteroatoms. The van der Waals surface area contributed by atoms with Crippen molar-refractivity contribution in [3.63, 3.8) is 0 Å². The van der Waals surface area contributed by atoms with Crippen LogP contribution in [0, 0.1) is 17.9 Å². The number of nitrogens with zero attached hydrogens (tertiary/aromatic N) is 4. The number of anilines is 2. The van der Waals surface area contributed by atoms with Gasteiger partial charge >= 0.3 is 0 Å². The Hall–Kier alpha value is -3.15. The summed E-state index contributed by atoms with van der Waals surface area (Å²) in [5.74, 6) is 0.365. The molecule has 3 aliphatic rings. The average Bonchev–Trinajstić information content (AvgIpc) is 3.64. The van der Waals surface area contributed by atoms with Crippen LogP contribution < -0.4 is 15.0 Å². The minimum Gasteiger partial charge on any atom is -0.481 e. The molecule has 4 heterocycles. The lowest BCUT2D eigenvalue weighted by molar-refractivity contribution is 0.0975. The summed E-state index contributed by atoms with van der Waals surface area (Å²) in [6.07, 6.45) is 7.51. The van der Waals surface area contributed by atoms with E-state index in [0.717, 1.165) is 74.0 Å². The molecule has 200 valence electrons. The predicted molar refractivity (Wildman–Crippen MR) is 146 cm³/mol. The Bertz CT molecular complexity index is 1270. The molecule has 0 unspecified atom stereocenters. The Morgan fingerprint density at radius 1 is 1.05 bits per heavy atom. The first-order chi connectivity index (χ1) is 18.7. The monoisotopic (exact) mass is 517 g/mol. The van der Waals surface area contributed by atoms with Gasteiger partial charge in [-0.15, -0.1) is 0 Å². The molecular weight excluding hydrogens is 481 g/mol. The van der Waals surface area contributed by atoms with Gasteiger partial charge in [0.25, 0.3) is 0 Å². The Morgan fingerprint density at radius 2 is 1.87 bits per heavy atom. The third-order valence-corrected chi connectivity index (χ3v) is 8.15. The quantitative estimate of drug-likeness (QED) is 0.418. The van der Waals surface area contributed by atoms with Gasteiger partial charge < -0.3 is 24.6 Å². The molecule has 1 aromatic carbocycles. The summed E-state index contributed by atoms with van der Waals surface area (Å²) < 4.78 is 26.0. The summed E-state index contributed by atoms with van der Waals surface area (Å²) >= 11 is 0. The Balaban J connectivity index is 1.19. The summed E-state index contributed by atoms with van der Waals surface area (Å²) in [6, 6.07) is 11.0. The van der Waals surface area contributed by atoms with E-state index in [1.165, 1.54) is 43.3 Å². The average molecular weight is 518 g/mol. The second-order valence-corrected chi connectivity index (χ2v) is 10.6. The molecule has 0 amide bonds. The molecule has 7 nitrogen and oxygen atoms in total. The van der Waals surface area contributed by atoms with Gasteiger partial charge in [-0.05, 0) is 69.7 Å². The van der Waals surface area contributed by atoms with E-state index in [1.807, 2.05) is 0 Å². The third kappa shape index (κ3) is 5.23. The van der Waals surface area contributed by atoms with Crippen molar-refractivity contribution in [1.29, 1.82) is 0 Å². The first-order valence-electron chi connectivity index (χ1n) is 14.0. The molecule has 2 saturated heterocycles. The fraction of sp³-hybridized carbons (Fsp3) is 0.533. The van der Waals surface area contributed by atoms with Crippen LogP contribution in [0.2, 0.25) is 0 Å². The fourth-order valence-corrected chi connectivity index (χ4v) is 6.09. The van der Waals surface area contributed by atoms with Crippen molar-refractivity contribution in [2.45, 2.75) is 57.6 Å². The molecule has 38 heavy (non-hydrogen) atoms. The molecule has 6 rings (SSSR count). The molecule has 2 fully saturated rings. The molecule has 0 radical (unpaired) electrons. The number of hydrogen-bond acceptors (Lipinski definition) is 7. The Morgan fingerprint density at radius 3 is 2.66 bits per heavy atom. The molecule has 1 aliphatic carbocycles. The van der Waals surface area contributed by atoms with E-state index in [4.69, 9.17) is 19.4 Å². The zero-order valence-corrected chi connectivity index (χ0v) is 22.2. The van der Waals surface area contributed by atoms with Crippen LogP contribution in [-0.4, -0.2) is 67.4 Å². The lowest BCUT2D eigenvalue weighted by Gasteiger charge is -2.34. The Kier molecular flexibility index (Phi) is 7.48. The molecule has 0 saturated carbocycles. The van der Waals surface area contributed by atoms with E-state index in [9.17, 15) is 4.39 Å². The smallest absolute Gasteiger partial charge is 0.219 e. The number of likely N-dealkylation sites (tertiary alicyclic amines) is 1. The lowest BCUT2D eigenvalue weighted by atomic mass is 10.0. The summed E-state index contributed by atoms with van der Waals surface area (Å²) in [4.78, 5) is 14.5. The van der Waals surface area contributed by atoms with E-state index in [2.05, 4.69) is 33.3 Å². The number of pyridine rings is 2. The van der Waals surface area contributed by atoms with Crippen molar-refractivity contribution in [3.05, 3.63) is 53.0 Å². The Labute approximate surface area is 224 Å². The molecule has 0 atom stereocenters. The first-order valence-corrected chi connectivity index (χ1v) is 14.0. The normalized spacial score (nSPS) is 18.1. The first kappa shape index (κ1) is 25.1. The number of ether oxygens (including phenoxy) is 2. The molecule has 0 spiro atoms. The number of rotatable bonds is 9. The van der Waals surface area contributed by atoms with Crippen LogP contribution in [-0.2, 0) is 24.2 Å². The fourth-order valence-electron chi connectivity index (χ4n) is 6.09. The van der Waals surface area contributed by atoms with Gasteiger partial charge in [0.2, 0.25) is 5.88 Å². The van der Waals surface area contributed by atoms with Gasteiger partial charge in [0.15, 0.2) is 5.82 Å². The van der Waals surface area contributed by atoms with Gasteiger partial charge in [-0.2, -0.15) is 0 Å². The van der Waals surface area contributed by atoms with Gasteiger partial charge in [0.05, 0.1) is 37.2 Å². The van der Waals surface area contributed by atoms with Crippen molar-refractivity contribution in [1.82, 2.24) is 14.9 Å². The van der Waals surface area contributed by atoms with E-state index >= 15 is 0 Å². The molecular formula is C30H36FN5O2. The van der Waals surface area contributed by atoms with Gasteiger partial charge in [0, 0.05) is 49.1 Å². The van der Waals surface area contributed by atoms with E-state index in [-0.39, 0.29) is 11.9 Å². The number of halogens is 1. The highest BCUT2D eigenvalue weighted by Gasteiger charge is 2.26. The maximum absolute atomic E-state index is 14.3. The topological polar surface area (TPSA) is 62.8 Å². The maximum atomic E-state index is 14.3. The van der Waals surface area contributed by atoms with Crippen molar-refractivity contribution < 1.29 is 13.9 Å². The predicted octanol–water partition coefficient (Wildman–Crippen LogP) is 4.56. The number of hydrogen-bond donors (Lipinski definition) is 1. The largest absolute Gasteiger partial charge is 0.481 e. The van der Waals surface area contributed by atoms with E-state index in [1.54, 1.807) is 13.2 Å². The number of piperidine rings is 1. The number of methoxy groups -OCH3 is 1. The van der Waals surface area contributed by atoms with Gasteiger partial charge in [-0.25, -0.2) is 9.37 Å². The van der Waals surface area contributed by atoms with Crippen molar-refractivity contribution in [3.8, 4) is 5.88 Å². The number of fused-ring (bicyclic) bond motifs is 2. The van der Waals surface area contributed by atoms with Gasteiger partial charge in [-0.1, -0.05) is 12.1 Å². The van der Waals surface area contributed by atoms with E-state index in [0.29, 0.717) is 24.8 Å². The van der Waals surface area contributed by atoms with Crippen molar-refractivity contribution >= 4 is 22.4 Å². The van der Waals surface area contributed by atoms with Gasteiger partial charge in [-0.3, -0.25) is 4.98 Å². The van der Waals surface area contributed by atoms with Crippen LogP contribution >= 0.6 is 0 Å². The highest BCUT2D eigenvalue weighted by molar-refractivity contribution is 5.91. The molecule has 0 bridgehead atoms. The number of aromatic nitrogens is 2. The summed E-state index contributed by atoms with van der Waals surface area (Å²) in [7, 11) is 1.67. The van der Waals surface area contributed by atoms with Crippen LogP contribution in [0.1, 0.15) is 48.9 Å². The second-order valence-electron chi connectivity index (χ2n) is 10.6. The molecule has 3 aromatic rings. The van der Waals surface area contributed by atoms with Crippen LogP contribution in [0.15, 0.2) is 18.2 Å². The molecule has 2 aromatic heterocycles. The zero-order chi connectivity index (χ0) is 25.9. The SMILES string of the molecule is COc1nc2c(NC3CCN(c4cc#ccc4F)CC3)c3c(nc2cc1COCCN1CCCC1)CCC3. The minimum atomic E-state index is -0.236. The second kappa shape index (κ2) is 11.3. The highest BCUT2D eigenvalue weighted by atomic mass is 19.1. The standard InChI is InChI=1S/C30H36FN5O2/c1-37-30-21(20-38-18-17-35-13-4-5-14-35)19-26-29(34-30)28(23-7-6-9-25(23)33-26)32-22-11-15-36(16-12-22)27-10-3-2-8-24(27)31/h8,10,19,22H,4-7,9,11-18,20H2,1H3,(H,32,33). The van der Waals surface area contributed by atoms with Crippen LogP contribution in [0.4, 0.5) is 15.8 Å². The van der Waals surface area contributed by atoms with Crippen LogP contribution in [0.3, 0.4) is 0 Å². The highest BCUT2D eigenvalue weighted by Crippen LogP contribution is 2.36. The number of nitrogens with one attached hydrogen (secondary N) is 1. The van der Waals surface area contributed by atoms with Crippen LogP contribution in [0.25, 0.3) is 11.0 Å². The summed E-state index contributed by atoms with van der Waals surface area (Å²) in [5, 5.41) is 3.84.